The van der Waals surface area contributed by atoms with Crippen molar-refractivity contribution < 1.29 is 9.15 Å². The topological polar surface area (TPSA) is 39.7 Å². The van der Waals surface area contributed by atoms with Crippen molar-refractivity contribution in [2.75, 3.05) is 0 Å². The van der Waals surface area contributed by atoms with Crippen molar-refractivity contribution in [3.8, 4) is 17.0 Å². The van der Waals surface area contributed by atoms with Crippen molar-refractivity contribution in [2.45, 2.75) is 59.5 Å². The van der Waals surface area contributed by atoms with Gasteiger partial charge in [0.05, 0.1) is 11.1 Å². The second kappa shape index (κ2) is 7.93. The fourth-order valence-electron chi connectivity index (χ4n) is 3.27. The molecule has 4 nitrogen and oxygen atoms in total. The Kier molecular flexibility index (Phi) is 5.83. The van der Waals surface area contributed by atoms with E-state index in [1.165, 1.54) is 0 Å². The van der Waals surface area contributed by atoms with Crippen LogP contribution < -0.4 is 4.74 Å². The zero-order valence-electron chi connectivity index (χ0n) is 15.6. The number of fused-ring (bicyclic) bond motifs is 1. The van der Waals surface area contributed by atoms with Gasteiger partial charge >= 0.3 is 0 Å². The van der Waals surface area contributed by atoms with Gasteiger partial charge in [-0.15, -0.1) is 0 Å². The van der Waals surface area contributed by atoms with E-state index in [2.05, 4.69) is 18.9 Å². The Morgan fingerprint density at radius 1 is 1.15 bits per heavy atom. The molecule has 3 rings (SSSR count). The molecule has 0 aliphatic rings. The zero-order valence-corrected chi connectivity index (χ0v) is 17.1. The predicted octanol–water partition coefficient (Wildman–Crippen LogP) is 6.87. The third-order valence-corrected chi connectivity index (χ3v) is 5.00. The normalized spacial score (nSPS) is 11.7. The Morgan fingerprint density at radius 3 is 2.46 bits per heavy atom. The maximum absolute atomic E-state index is 6.41. The lowest BCUT2D eigenvalue weighted by Crippen LogP contribution is -2.16. The molecule has 6 heteroatoms. The van der Waals surface area contributed by atoms with Crippen molar-refractivity contribution in [1.29, 1.82) is 0 Å². The van der Waals surface area contributed by atoms with Gasteiger partial charge in [-0.2, -0.15) is 9.61 Å². The molecule has 0 aliphatic carbocycles. The van der Waals surface area contributed by atoms with Crippen molar-refractivity contribution in [3.05, 3.63) is 39.7 Å². The maximum atomic E-state index is 6.41. The van der Waals surface area contributed by atoms with E-state index in [4.69, 9.17) is 32.4 Å². The van der Waals surface area contributed by atoms with E-state index < -0.39 is 0 Å². The van der Waals surface area contributed by atoms with E-state index in [1.807, 2.05) is 26.0 Å². The summed E-state index contributed by atoms with van der Waals surface area (Å²) in [6.07, 6.45) is 4.36. The Bertz CT molecular complexity index is 908. The van der Waals surface area contributed by atoms with Crippen LogP contribution >= 0.6 is 23.2 Å². The number of hydrogen-bond acceptors (Lipinski definition) is 3. The molecule has 140 valence electrons. The van der Waals surface area contributed by atoms with Gasteiger partial charge in [-0.1, -0.05) is 49.9 Å². The Balaban J connectivity index is 2.08. The van der Waals surface area contributed by atoms with Gasteiger partial charge in [-0.25, -0.2) is 0 Å². The zero-order chi connectivity index (χ0) is 18.8. The molecule has 0 bridgehead atoms. The molecule has 26 heavy (non-hydrogen) atoms. The highest BCUT2D eigenvalue weighted by molar-refractivity contribution is 6.36. The number of hydrogen-bond donors (Lipinski definition) is 0. The molecule has 2 heterocycles. The van der Waals surface area contributed by atoms with Crippen molar-refractivity contribution in [3.63, 3.8) is 0 Å². The Hall–Kier alpha value is -1.65. The quantitative estimate of drug-likeness (QED) is 0.438. The first-order valence-corrected chi connectivity index (χ1v) is 9.82. The highest BCUT2D eigenvalue weighted by atomic mass is 35.5. The lowest BCUT2D eigenvalue weighted by molar-refractivity contribution is 0.177. The summed E-state index contributed by atoms with van der Waals surface area (Å²) in [5.74, 6) is 1.46. The first-order valence-electron chi connectivity index (χ1n) is 9.07. The molecule has 0 atom stereocenters. The molecule has 0 radical (unpaired) electrons. The van der Waals surface area contributed by atoms with Gasteiger partial charge in [0.2, 0.25) is 5.75 Å². The summed E-state index contributed by atoms with van der Waals surface area (Å²) < 4.78 is 14.1. The van der Waals surface area contributed by atoms with Crippen LogP contribution in [0.25, 0.3) is 17.0 Å². The second-order valence-electron chi connectivity index (χ2n) is 6.58. The molecule has 0 amide bonds. The highest BCUT2D eigenvalue weighted by Gasteiger charge is 2.24. The van der Waals surface area contributed by atoms with Gasteiger partial charge in [0.1, 0.15) is 17.1 Å². The number of ether oxygens (including phenoxy) is 1. The lowest BCUT2D eigenvalue weighted by Gasteiger charge is -2.16. The smallest absolute Gasteiger partial charge is 0.266 e. The summed E-state index contributed by atoms with van der Waals surface area (Å²) in [6, 6.07) is 5.42. The minimum absolute atomic E-state index is 0.171. The van der Waals surface area contributed by atoms with E-state index >= 15 is 0 Å². The fraction of sp³-hybridized carbons (Fsp3) is 0.450. The second-order valence-corrected chi connectivity index (χ2v) is 7.42. The average Bonchev–Trinajstić information content (AvgIpc) is 3.03. The highest BCUT2D eigenvalue weighted by Crippen LogP contribution is 2.38. The number of nitrogens with zero attached hydrogens (tertiary/aromatic N) is 2. The third-order valence-electron chi connectivity index (χ3n) is 4.45. The van der Waals surface area contributed by atoms with Crippen LogP contribution in [-0.4, -0.2) is 15.7 Å². The number of halogens is 2. The van der Waals surface area contributed by atoms with Crippen LogP contribution in [-0.2, 0) is 0 Å². The van der Waals surface area contributed by atoms with Crippen molar-refractivity contribution in [1.82, 2.24) is 9.61 Å². The molecule has 0 fully saturated rings. The SMILES string of the molecule is CCCC(CCC)Oc1c(C)nn2c(-c3ccc(Cl)cc3Cl)c(C)oc12. The van der Waals surface area contributed by atoms with E-state index in [-0.39, 0.29) is 6.10 Å². The number of oxazole rings is 1. The van der Waals surface area contributed by atoms with Gasteiger partial charge < -0.3 is 9.15 Å². The number of rotatable bonds is 7. The number of benzene rings is 1. The molecule has 0 spiro atoms. The van der Waals surface area contributed by atoms with Crippen LogP contribution in [0.4, 0.5) is 0 Å². The van der Waals surface area contributed by atoms with E-state index in [0.29, 0.717) is 15.8 Å². The Morgan fingerprint density at radius 2 is 1.85 bits per heavy atom. The fourth-order valence-corrected chi connectivity index (χ4v) is 3.77. The van der Waals surface area contributed by atoms with Crippen LogP contribution in [0.1, 0.15) is 51.0 Å². The van der Waals surface area contributed by atoms with Crippen LogP contribution in [0.2, 0.25) is 10.0 Å². The average molecular weight is 395 g/mol. The molecule has 2 aromatic heterocycles. The third kappa shape index (κ3) is 3.58. The molecule has 0 saturated carbocycles. The Labute approximate surface area is 164 Å². The van der Waals surface area contributed by atoms with E-state index in [9.17, 15) is 0 Å². The molecule has 0 unspecified atom stereocenters. The first kappa shape index (κ1) is 19.1. The molecule has 0 saturated heterocycles. The van der Waals surface area contributed by atoms with E-state index in [1.54, 1.807) is 10.6 Å². The van der Waals surface area contributed by atoms with Gasteiger partial charge in [0.15, 0.2) is 0 Å². The van der Waals surface area contributed by atoms with Crippen molar-refractivity contribution in [2.24, 2.45) is 0 Å². The summed E-state index contributed by atoms with van der Waals surface area (Å²) in [4.78, 5) is 0. The number of aromatic nitrogens is 2. The van der Waals surface area contributed by atoms with Crippen LogP contribution in [0.3, 0.4) is 0 Å². The minimum atomic E-state index is 0.171. The standard InChI is InChI=1S/C20H24Cl2N2O2/c1-5-7-15(8-6-2)26-19-12(3)23-24-18(13(4)25-20(19)24)16-10-9-14(21)11-17(16)22/h9-11,15H,5-8H2,1-4H3. The van der Waals surface area contributed by atoms with Gasteiger partial charge in [0.25, 0.3) is 5.71 Å². The van der Waals surface area contributed by atoms with E-state index in [0.717, 1.165) is 54.1 Å². The maximum Gasteiger partial charge on any atom is 0.266 e. The van der Waals surface area contributed by atoms with Gasteiger partial charge in [-0.05, 0) is 44.9 Å². The lowest BCUT2D eigenvalue weighted by atomic mass is 10.1. The monoisotopic (exact) mass is 394 g/mol. The summed E-state index contributed by atoms with van der Waals surface area (Å²) in [5, 5.41) is 5.81. The molecule has 0 N–H and O–H groups in total. The molecular formula is C20H24Cl2N2O2. The summed E-state index contributed by atoms with van der Waals surface area (Å²) >= 11 is 12.4. The predicted molar refractivity (Wildman–Crippen MR) is 107 cm³/mol. The minimum Gasteiger partial charge on any atom is -0.483 e. The first-order chi connectivity index (χ1) is 12.5. The largest absolute Gasteiger partial charge is 0.483 e. The van der Waals surface area contributed by atoms with Crippen LogP contribution in [0.5, 0.6) is 5.75 Å². The van der Waals surface area contributed by atoms with Crippen LogP contribution in [0, 0.1) is 13.8 Å². The van der Waals surface area contributed by atoms with Crippen LogP contribution in [0.15, 0.2) is 22.6 Å². The molecule has 0 aliphatic heterocycles. The van der Waals surface area contributed by atoms with Gasteiger partial charge in [-0.3, -0.25) is 0 Å². The molecule has 3 aromatic rings. The van der Waals surface area contributed by atoms with Crippen molar-refractivity contribution >= 4 is 28.9 Å². The number of aryl methyl sites for hydroxylation is 2. The summed E-state index contributed by atoms with van der Waals surface area (Å²) in [6.45, 7) is 8.19. The summed E-state index contributed by atoms with van der Waals surface area (Å²) in [7, 11) is 0. The van der Waals surface area contributed by atoms with Gasteiger partial charge in [0, 0.05) is 10.6 Å². The molecular weight excluding hydrogens is 371 g/mol. The molecule has 1 aromatic carbocycles. The summed E-state index contributed by atoms with van der Waals surface area (Å²) in [5.41, 5.74) is 3.09.